The number of nitrogens with zero attached hydrogens (tertiary/aromatic N) is 1. The lowest BCUT2D eigenvalue weighted by Gasteiger charge is -2.08. The predicted octanol–water partition coefficient (Wildman–Crippen LogP) is 4.16. The Morgan fingerprint density at radius 1 is 1.24 bits per heavy atom. The van der Waals surface area contributed by atoms with Crippen LogP contribution in [0.5, 0.6) is 11.5 Å². The van der Waals surface area contributed by atoms with Crippen LogP contribution in [0.3, 0.4) is 0 Å². The standard InChI is InChI=1S/C16H15ClN2O4S2/c1-3-23-10-4-7-13-15(8-10)24-16(18-13)19-25(20,21)11-5-6-12(17)14(9-11)22-2/h4-9H,3H2,1-2H3,(H,18,19). The van der Waals surface area contributed by atoms with Crippen LogP contribution in [0, 0.1) is 0 Å². The summed E-state index contributed by atoms with van der Waals surface area (Å²) < 4.78 is 38.9. The van der Waals surface area contributed by atoms with Crippen LogP contribution >= 0.6 is 22.9 Å². The summed E-state index contributed by atoms with van der Waals surface area (Å²) in [5.74, 6) is 1.01. The Hall–Kier alpha value is -2.03. The number of halogens is 1. The molecule has 3 rings (SSSR count). The van der Waals surface area contributed by atoms with E-state index in [-0.39, 0.29) is 15.8 Å². The Morgan fingerprint density at radius 3 is 2.76 bits per heavy atom. The van der Waals surface area contributed by atoms with Crippen LogP contribution in [0.4, 0.5) is 5.13 Å². The zero-order chi connectivity index (χ0) is 18.0. The van der Waals surface area contributed by atoms with Gasteiger partial charge in [0.25, 0.3) is 10.0 Å². The summed E-state index contributed by atoms with van der Waals surface area (Å²) in [4.78, 5) is 4.34. The Morgan fingerprint density at radius 2 is 2.04 bits per heavy atom. The largest absolute Gasteiger partial charge is 0.495 e. The highest BCUT2D eigenvalue weighted by Crippen LogP contribution is 2.32. The van der Waals surface area contributed by atoms with Gasteiger partial charge in [-0.2, -0.15) is 0 Å². The second kappa shape index (κ2) is 7.07. The van der Waals surface area contributed by atoms with Gasteiger partial charge in [-0.05, 0) is 37.3 Å². The number of hydrogen-bond donors (Lipinski definition) is 1. The van der Waals surface area contributed by atoms with Crippen molar-refractivity contribution in [3.63, 3.8) is 0 Å². The van der Waals surface area contributed by atoms with E-state index in [0.29, 0.717) is 17.1 Å². The van der Waals surface area contributed by atoms with Crippen LogP contribution < -0.4 is 14.2 Å². The number of hydrogen-bond acceptors (Lipinski definition) is 6. The summed E-state index contributed by atoms with van der Waals surface area (Å²) in [7, 11) is -2.38. The number of aromatic nitrogens is 1. The van der Waals surface area contributed by atoms with Gasteiger partial charge in [0.2, 0.25) is 0 Å². The maximum Gasteiger partial charge on any atom is 0.263 e. The molecule has 0 amide bonds. The summed E-state index contributed by atoms with van der Waals surface area (Å²) in [5, 5.41) is 0.613. The van der Waals surface area contributed by atoms with Gasteiger partial charge >= 0.3 is 0 Å². The third kappa shape index (κ3) is 3.81. The molecule has 25 heavy (non-hydrogen) atoms. The van der Waals surface area contributed by atoms with Crippen LogP contribution in [0.15, 0.2) is 41.3 Å². The number of rotatable bonds is 6. The van der Waals surface area contributed by atoms with Crippen molar-refractivity contribution in [3.8, 4) is 11.5 Å². The lowest BCUT2D eigenvalue weighted by Crippen LogP contribution is -2.12. The van der Waals surface area contributed by atoms with Gasteiger partial charge in [-0.25, -0.2) is 13.4 Å². The van der Waals surface area contributed by atoms with Crippen molar-refractivity contribution in [2.45, 2.75) is 11.8 Å². The summed E-state index contributed by atoms with van der Waals surface area (Å²) in [5.41, 5.74) is 0.694. The van der Waals surface area contributed by atoms with Crippen molar-refractivity contribution in [3.05, 3.63) is 41.4 Å². The number of methoxy groups -OCH3 is 1. The predicted molar refractivity (Wildman–Crippen MR) is 99.6 cm³/mol. The van der Waals surface area contributed by atoms with E-state index in [4.69, 9.17) is 21.1 Å². The van der Waals surface area contributed by atoms with Crippen LogP contribution in [-0.4, -0.2) is 27.1 Å². The maximum absolute atomic E-state index is 12.6. The molecule has 1 N–H and O–H groups in total. The number of benzene rings is 2. The van der Waals surface area contributed by atoms with E-state index in [1.54, 1.807) is 12.1 Å². The van der Waals surface area contributed by atoms with E-state index in [1.165, 1.54) is 36.6 Å². The zero-order valence-electron chi connectivity index (χ0n) is 13.4. The molecule has 132 valence electrons. The Bertz CT molecular complexity index is 1020. The number of sulfonamides is 1. The lowest BCUT2D eigenvalue weighted by atomic mass is 10.3. The van der Waals surface area contributed by atoms with E-state index in [2.05, 4.69) is 9.71 Å². The number of nitrogens with one attached hydrogen (secondary N) is 1. The molecular weight excluding hydrogens is 384 g/mol. The molecule has 1 aromatic heterocycles. The molecule has 0 radical (unpaired) electrons. The van der Waals surface area contributed by atoms with Gasteiger partial charge in [0.15, 0.2) is 5.13 Å². The van der Waals surface area contributed by atoms with Crippen LogP contribution in [0.1, 0.15) is 6.92 Å². The number of fused-ring (bicyclic) bond motifs is 1. The maximum atomic E-state index is 12.6. The quantitative estimate of drug-likeness (QED) is 0.674. The average Bonchev–Trinajstić information content (AvgIpc) is 2.96. The highest BCUT2D eigenvalue weighted by Gasteiger charge is 2.18. The smallest absolute Gasteiger partial charge is 0.263 e. The number of anilines is 1. The summed E-state index contributed by atoms with van der Waals surface area (Å²) in [6.45, 7) is 2.46. The van der Waals surface area contributed by atoms with Gasteiger partial charge in [0.05, 0.1) is 33.9 Å². The van der Waals surface area contributed by atoms with Crippen molar-refractivity contribution in [2.24, 2.45) is 0 Å². The van der Waals surface area contributed by atoms with E-state index in [9.17, 15) is 8.42 Å². The first-order chi connectivity index (χ1) is 11.9. The Balaban J connectivity index is 1.91. The highest BCUT2D eigenvalue weighted by molar-refractivity contribution is 7.93. The molecule has 2 aromatic carbocycles. The van der Waals surface area contributed by atoms with E-state index in [1.807, 2.05) is 13.0 Å². The second-order valence-electron chi connectivity index (χ2n) is 4.98. The molecule has 0 atom stereocenters. The van der Waals surface area contributed by atoms with Crippen LogP contribution in [-0.2, 0) is 10.0 Å². The van der Waals surface area contributed by atoms with Crippen molar-refractivity contribution < 1.29 is 17.9 Å². The SMILES string of the molecule is CCOc1ccc2nc(NS(=O)(=O)c3ccc(Cl)c(OC)c3)sc2c1. The van der Waals surface area contributed by atoms with Crippen molar-refractivity contribution in [2.75, 3.05) is 18.4 Å². The molecule has 0 bridgehead atoms. The van der Waals surface area contributed by atoms with E-state index < -0.39 is 10.0 Å². The van der Waals surface area contributed by atoms with Gasteiger partial charge in [0.1, 0.15) is 11.5 Å². The minimum Gasteiger partial charge on any atom is -0.495 e. The van der Waals surface area contributed by atoms with Crippen molar-refractivity contribution in [1.29, 1.82) is 0 Å². The summed E-state index contributed by atoms with van der Waals surface area (Å²) in [6, 6.07) is 9.67. The molecular formula is C16H15ClN2O4S2. The monoisotopic (exact) mass is 398 g/mol. The van der Waals surface area contributed by atoms with Gasteiger partial charge in [-0.3, -0.25) is 4.72 Å². The van der Waals surface area contributed by atoms with Gasteiger partial charge in [0, 0.05) is 6.07 Å². The molecule has 0 spiro atoms. The Labute approximate surface area is 154 Å². The van der Waals surface area contributed by atoms with Gasteiger partial charge < -0.3 is 9.47 Å². The molecule has 0 unspecified atom stereocenters. The molecule has 3 aromatic rings. The molecule has 0 saturated carbocycles. The van der Waals surface area contributed by atoms with E-state index >= 15 is 0 Å². The molecule has 1 heterocycles. The van der Waals surface area contributed by atoms with Gasteiger partial charge in [-0.15, -0.1) is 0 Å². The molecule has 0 aliphatic heterocycles. The summed E-state index contributed by atoms with van der Waals surface area (Å²) >= 11 is 7.17. The molecule has 0 aliphatic carbocycles. The van der Waals surface area contributed by atoms with E-state index in [0.717, 1.165) is 10.4 Å². The fourth-order valence-electron chi connectivity index (χ4n) is 2.19. The first-order valence-electron chi connectivity index (χ1n) is 7.32. The highest BCUT2D eigenvalue weighted by atomic mass is 35.5. The minimum absolute atomic E-state index is 0.0445. The third-order valence-electron chi connectivity index (χ3n) is 3.33. The fourth-order valence-corrected chi connectivity index (χ4v) is 4.53. The minimum atomic E-state index is -3.80. The van der Waals surface area contributed by atoms with Crippen molar-refractivity contribution in [1.82, 2.24) is 4.98 Å². The van der Waals surface area contributed by atoms with Crippen LogP contribution in [0.2, 0.25) is 5.02 Å². The molecule has 0 fully saturated rings. The Kier molecular flexibility index (Phi) is 5.03. The van der Waals surface area contributed by atoms with Crippen LogP contribution in [0.25, 0.3) is 10.2 Å². The topological polar surface area (TPSA) is 77.5 Å². The second-order valence-corrected chi connectivity index (χ2v) is 8.10. The molecule has 0 aliphatic rings. The normalized spacial score (nSPS) is 11.5. The molecule has 6 nitrogen and oxygen atoms in total. The molecule has 9 heteroatoms. The third-order valence-corrected chi connectivity index (χ3v) is 6.04. The average molecular weight is 399 g/mol. The van der Waals surface area contributed by atoms with Gasteiger partial charge in [-0.1, -0.05) is 22.9 Å². The number of ether oxygens (including phenoxy) is 2. The fraction of sp³-hybridized carbons (Fsp3) is 0.188. The lowest BCUT2D eigenvalue weighted by molar-refractivity contribution is 0.341. The zero-order valence-corrected chi connectivity index (χ0v) is 15.8. The summed E-state index contributed by atoms with van der Waals surface area (Å²) in [6.07, 6.45) is 0. The number of thiazole rings is 1. The van der Waals surface area contributed by atoms with Crippen molar-refractivity contribution >= 4 is 48.3 Å². The first-order valence-corrected chi connectivity index (χ1v) is 10.0. The first kappa shape index (κ1) is 17.8. The molecule has 0 saturated heterocycles.